The van der Waals surface area contributed by atoms with Gasteiger partial charge in [0.05, 0.1) is 17.1 Å². The Labute approximate surface area is 181 Å². The van der Waals surface area contributed by atoms with Crippen LogP contribution in [0, 0.1) is 5.82 Å². The van der Waals surface area contributed by atoms with Crippen molar-refractivity contribution in [2.24, 2.45) is 10.7 Å². The average Bonchev–Trinajstić information content (AvgIpc) is 2.78. The van der Waals surface area contributed by atoms with Crippen molar-refractivity contribution in [3.63, 3.8) is 0 Å². The van der Waals surface area contributed by atoms with Crippen LogP contribution in [0.2, 0.25) is 0 Å². The molecule has 0 saturated heterocycles. The Kier molecular flexibility index (Phi) is 6.73. The van der Waals surface area contributed by atoms with E-state index in [0.29, 0.717) is 6.42 Å². The molecule has 1 aromatic carbocycles. The van der Waals surface area contributed by atoms with Gasteiger partial charge in [0.25, 0.3) is 5.91 Å². The lowest BCUT2D eigenvalue weighted by atomic mass is 9.80. The second kappa shape index (κ2) is 9.13. The Morgan fingerprint density at radius 3 is 2.65 bits per heavy atom. The predicted molar refractivity (Wildman–Crippen MR) is 113 cm³/mol. The minimum Gasteiger partial charge on any atom is -0.445 e. The fraction of sp³-hybridized carbons (Fsp3) is 0.400. The van der Waals surface area contributed by atoms with E-state index in [2.05, 4.69) is 25.0 Å². The second-order valence-electron chi connectivity index (χ2n) is 7.24. The summed E-state index contributed by atoms with van der Waals surface area (Å²) >= 11 is 1.51. The number of amidine groups is 1. The number of nitrogens with zero attached hydrogens (tertiary/aromatic N) is 3. The van der Waals surface area contributed by atoms with E-state index in [1.165, 1.54) is 23.9 Å². The molecule has 3 rings (SSSR count). The number of hydrogen-bond donors (Lipinski definition) is 2. The zero-order valence-electron chi connectivity index (χ0n) is 17.0. The number of carbonyl (C=O) groups excluding carboxylic acids is 1. The molecule has 11 heteroatoms. The molecule has 0 saturated carbocycles. The molecule has 7 nitrogen and oxygen atoms in total. The molecule has 1 amide bonds. The molecule has 31 heavy (non-hydrogen) atoms. The number of ether oxygens (including phenoxy) is 1. The lowest BCUT2D eigenvalue weighted by Gasteiger charge is -2.40. The first-order valence-electron chi connectivity index (χ1n) is 9.36. The molecule has 0 radical (unpaired) electrons. The van der Waals surface area contributed by atoms with Crippen LogP contribution in [-0.4, -0.2) is 46.2 Å². The highest BCUT2D eigenvalue weighted by Gasteiger charge is 2.44. The maximum absolute atomic E-state index is 14.7. The van der Waals surface area contributed by atoms with Crippen LogP contribution in [0.25, 0.3) is 0 Å². The van der Waals surface area contributed by atoms with Crippen LogP contribution in [0.5, 0.6) is 5.88 Å². The molecule has 3 N–H and O–H groups in total. The molecule has 1 aliphatic heterocycles. The largest absolute Gasteiger partial charge is 0.445 e. The number of aliphatic imine (C=N–C) groups is 1. The van der Waals surface area contributed by atoms with Crippen molar-refractivity contribution < 1.29 is 22.7 Å². The van der Waals surface area contributed by atoms with Crippen LogP contribution in [0.3, 0.4) is 0 Å². The van der Waals surface area contributed by atoms with E-state index in [1.807, 2.05) is 13.2 Å². The molecule has 2 atom stereocenters. The number of amides is 1. The maximum atomic E-state index is 14.7. The number of carbonyl (C=O) groups is 1. The monoisotopic (exact) mass is 453 g/mol. The summed E-state index contributed by atoms with van der Waals surface area (Å²) in [6.45, 7) is -0.0947. The molecule has 1 aliphatic rings. The van der Waals surface area contributed by atoms with Crippen molar-refractivity contribution in [2.75, 3.05) is 25.1 Å². The topological polar surface area (TPSA) is 102 Å². The summed E-state index contributed by atoms with van der Waals surface area (Å²) in [6, 6.07) is 3.83. The molecule has 2 heterocycles. The van der Waals surface area contributed by atoms with Crippen LogP contribution < -0.4 is 15.8 Å². The van der Waals surface area contributed by atoms with Gasteiger partial charge in [0.2, 0.25) is 12.7 Å². The fourth-order valence-electron chi connectivity index (χ4n) is 3.27. The summed E-state index contributed by atoms with van der Waals surface area (Å²) in [5.74, 6) is -1.10. The van der Waals surface area contributed by atoms with Crippen molar-refractivity contribution in [1.82, 2.24) is 9.97 Å². The number of rotatable bonds is 7. The molecule has 0 aliphatic carbocycles. The number of halogens is 3. The minimum absolute atomic E-state index is 0.0108. The van der Waals surface area contributed by atoms with Crippen molar-refractivity contribution >= 4 is 29.2 Å². The van der Waals surface area contributed by atoms with Crippen LogP contribution in [-0.2, 0) is 5.54 Å². The summed E-state index contributed by atoms with van der Waals surface area (Å²) in [7, 11) is 0. The fourth-order valence-corrected chi connectivity index (χ4v) is 3.83. The molecule has 166 valence electrons. The van der Waals surface area contributed by atoms with Gasteiger partial charge < -0.3 is 15.8 Å². The predicted octanol–water partition coefficient (Wildman–Crippen LogP) is 3.61. The van der Waals surface area contributed by atoms with Gasteiger partial charge in [-0.05, 0) is 44.2 Å². The minimum atomic E-state index is -1.46. The number of thioether (sulfide) groups is 1. The van der Waals surface area contributed by atoms with Gasteiger partial charge in [-0.2, -0.15) is 11.8 Å². The lowest BCUT2D eigenvalue weighted by Crippen LogP contribution is -2.47. The molecule has 0 spiro atoms. The third-order valence-corrected chi connectivity index (χ3v) is 6.67. The van der Waals surface area contributed by atoms with E-state index in [1.54, 1.807) is 0 Å². The van der Waals surface area contributed by atoms with E-state index in [9.17, 15) is 18.0 Å². The maximum Gasteiger partial charge on any atom is 0.275 e. The number of anilines is 1. The summed E-state index contributed by atoms with van der Waals surface area (Å²) in [5, 5.41) is 2.57. The number of nitrogens with two attached hydrogens (primary N) is 1. The molecular formula is C20H22F3N5O2S. The zero-order valence-corrected chi connectivity index (χ0v) is 17.8. The van der Waals surface area contributed by atoms with E-state index in [-0.39, 0.29) is 35.1 Å². The van der Waals surface area contributed by atoms with Gasteiger partial charge in [-0.1, -0.05) is 0 Å². The third-order valence-electron chi connectivity index (χ3n) is 5.35. The van der Waals surface area contributed by atoms with Crippen molar-refractivity contribution in [2.45, 2.75) is 30.1 Å². The second-order valence-corrected chi connectivity index (χ2v) is 8.55. The quantitative estimate of drug-likeness (QED) is 0.664. The number of benzene rings is 1. The van der Waals surface area contributed by atoms with E-state index in [4.69, 9.17) is 5.73 Å². The molecule has 1 aromatic heterocycles. The van der Waals surface area contributed by atoms with E-state index >= 15 is 0 Å². The highest BCUT2D eigenvalue weighted by molar-refractivity contribution is 8.00. The Morgan fingerprint density at radius 1 is 1.29 bits per heavy atom. The number of alkyl halides is 2. The van der Waals surface area contributed by atoms with E-state index in [0.717, 1.165) is 18.5 Å². The highest BCUT2D eigenvalue weighted by atomic mass is 32.2. The average molecular weight is 453 g/mol. The van der Waals surface area contributed by atoms with Crippen LogP contribution in [0.1, 0.15) is 35.8 Å². The Balaban J connectivity index is 1.88. The summed E-state index contributed by atoms with van der Waals surface area (Å²) in [6.07, 6.45) is 4.89. The van der Waals surface area contributed by atoms with Crippen LogP contribution >= 0.6 is 11.8 Å². The summed E-state index contributed by atoms with van der Waals surface area (Å²) in [4.78, 5) is 24.4. The number of nitrogens with one attached hydrogen (secondary N) is 1. The first-order chi connectivity index (χ1) is 14.8. The highest BCUT2D eigenvalue weighted by Crippen LogP contribution is 2.43. The van der Waals surface area contributed by atoms with Gasteiger partial charge in [0.15, 0.2) is 0 Å². The first-order valence-corrected chi connectivity index (χ1v) is 10.6. The molecule has 2 aromatic rings. The standard InChI is InChI=1S/C20H22F3N5O2S/c1-19(31-2)5-6-20(10-21,28-18(19)24)13-7-12(3-4-14(13)23)27-17(29)15-8-26-16(9-25-15)30-11-22/h3-4,7-9H,5-6,10-11H2,1-2H3,(H2,24,28)(H,27,29). The molecular weight excluding hydrogens is 431 g/mol. The Bertz CT molecular complexity index is 991. The number of aromatic nitrogens is 2. The molecule has 0 bridgehead atoms. The molecule has 2 unspecified atom stereocenters. The van der Waals surface area contributed by atoms with Crippen molar-refractivity contribution in [3.8, 4) is 5.88 Å². The van der Waals surface area contributed by atoms with Gasteiger partial charge in [-0.15, -0.1) is 0 Å². The first kappa shape index (κ1) is 22.9. The third kappa shape index (κ3) is 4.60. The van der Waals surface area contributed by atoms with E-state index < -0.39 is 35.5 Å². The summed E-state index contributed by atoms with van der Waals surface area (Å²) in [5.41, 5.74) is 4.83. The smallest absolute Gasteiger partial charge is 0.275 e. The molecule has 0 fully saturated rings. The Hall–Kier alpha value is -2.82. The normalized spacial score (nSPS) is 23.2. The van der Waals surface area contributed by atoms with Gasteiger partial charge in [-0.3, -0.25) is 9.79 Å². The van der Waals surface area contributed by atoms with Gasteiger partial charge >= 0.3 is 0 Å². The lowest BCUT2D eigenvalue weighted by molar-refractivity contribution is 0.102. The van der Waals surface area contributed by atoms with Crippen molar-refractivity contribution in [1.29, 1.82) is 0 Å². The van der Waals surface area contributed by atoms with Crippen LogP contribution in [0.4, 0.5) is 18.9 Å². The zero-order chi connectivity index (χ0) is 22.6. The van der Waals surface area contributed by atoms with Gasteiger partial charge in [-0.25, -0.2) is 23.1 Å². The van der Waals surface area contributed by atoms with Gasteiger partial charge in [0.1, 0.15) is 29.6 Å². The summed E-state index contributed by atoms with van der Waals surface area (Å²) < 4.78 is 45.2. The van der Waals surface area contributed by atoms with Crippen molar-refractivity contribution in [3.05, 3.63) is 47.7 Å². The van der Waals surface area contributed by atoms with Gasteiger partial charge in [0, 0.05) is 11.3 Å². The number of hydrogen-bond acceptors (Lipinski definition) is 7. The SMILES string of the molecule is CSC1(C)CCC(CF)(c2cc(NC(=O)c3cnc(OCF)cn3)ccc2F)N=C1N. The Morgan fingerprint density at radius 2 is 2.06 bits per heavy atom. The van der Waals surface area contributed by atoms with Crippen LogP contribution in [0.15, 0.2) is 35.6 Å².